The second kappa shape index (κ2) is 9.56. The predicted molar refractivity (Wildman–Crippen MR) is 112 cm³/mol. The maximum Gasteiger partial charge on any atom is 0.234 e. The van der Waals surface area contributed by atoms with Crippen LogP contribution in [-0.4, -0.2) is 26.4 Å². The molecule has 0 aliphatic heterocycles. The molecule has 29 heavy (non-hydrogen) atoms. The Morgan fingerprint density at radius 2 is 1.90 bits per heavy atom. The van der Waals surface area contributed by atoms with Gasteiger partial charge in [-0.3, -0.25) is 4.79 Å². The number of hydrogen-bond donors (Lipinski definition) is 1. The number of aryl methyl sites for hydroxylation is 2. The van der Waals surface area contributed by atoms with Gasteiger partial charge in [-0.1, -0.05) is 30.0 Å². The zero-order valence-corrected chi connectivity index (χ0v) is 17.4. The van der Waals surface area contributed by atoms with E-state index in [9.17, 15) is 9.18 Å². The number of nitrogens with zero attached hydrogens (tertiary/aromatic N) is 3. The molecule has 0 aliphatic rings. The Kier molecular flexibility index (Phi) is 6.87. The second-order valence-corrected chi connectivity index (χ2v) is 7.51. The summed E-state index contributed by atoms with van der Waals surface area (Å²) in [4.78, 5) is 12.1. The number of amides is 1. The molecular formula is C21H23FN4O2S. The molecule has 0 saturated carbocycles. The van der Waals surface area contributed by atoms with Crippen LogP contribution < -0.4 is 10.1 Å². The zero-order chi connectivity index (χ0) is 20.8. The minimum absolute atomic E-state index is 0.102. The lowest BCUT2D eigenvalue weighted by atomic mass is 10.1. The van der Waals surface area contributed by atoms with E-state index in [1.54, 1.807) is 12.1 Å². The van der Waals surface area contributed by atoms with Gasteiger partial charge < -0.3 is 14.6 Å². The molecule has 1 N–H and O–H groups in total. The van der Waals surface area contributed by atoms with E-state index in [0.29, 0.717) is 17.5 Å². The van der Waals surface area contributed by atoms with E-state index in [-0.39, 0.29) is 24.0 Å². The van der Waals surface area contributed by atoms with Crippen LogP contribution in [0.1, 0.15) is 23.9 Å². The van der Waals surface area contributed by atoms with Crippen molar-refractivity contribution in [1.29, 1.82) is 0 Å². The van der Waals surface area contributed by atoms with Crippen LogP contribution in [0.15, 0.2) is 47.6 Å². The third-order valence-electron chi connectivity index (χ3n) is 4.15. The standard InChI is InChI=1S/C21H23FN4O2S/c1-4-26-19(12-28-16-10-14(2)9-15(3)11-16)24-25-21(26)29-13-20(27)23-18-8-6-5-7-17(18)22/h5-11H,4,12-13H2,1-3H3,(H,23,27). The van der Waals surface area contributed by atoms with Crippen molar-refractivity contribution in [2.45, 2.75) is 39.1 Å². The lowest BCUT2D eigenvalue weighted by Crippen LogP contribution is -2.15. The molecule has 3 rings (SSSR count). The number of hydrogen-bond acceptors (Lipinski definition) is 5. The van der Waals surface area contributed by atoms with Gasteiger partial charge >= 0.3 is 0 Å². The number of carbonyl (C=O) groups excluding carboxylic acids is 1. The van der Waals surface area contributed by atoms with Crippen LogP contribution in [0.4, 0.5) is 10.1 Å². The van der Waals surface area contributed by atoms with Gasteiger partial charge in [0.15, 0.2) is 11.0 Å². The Balaban J connectivity index is 1.60. The SMILES string of the molecule is CCn1c(COc2cc(C)cc(C)c2)nnc1SCC(=O)Nc1ccccc1F. The van der Waals surface area contributed by atoms with Crippen molar-refractivity contribution in [1.82, 2.24) is 14.8 Å². The van der Waals surface area contributed by atoms with Crippen LogP contribution in [0.5, 0.6) is 5.75 Å². The molecule has 0 bridgehead atoms. The fourth-order valence-corrected chi connectivity index (χ4v) is 3.71. The van der Waals surface area contributed by atoms with Crippen LogP contribution in [0.25, 0.3) is 0 Å². The molecule has 152 valence electrons. The first-order valence-electron chi connectivity index (χ1n) is 9.26. The van der Waals surface area contributed by atoms with Crippen molar-refractivity contribution in [2.24, 2.45) is 0 Å². The van der Waals surface area contributed by atoms with Gasteiger partial charge in [0, 0.05) is 6.54 Å². The molecule has 3 aromatic rings. The van der Waals surface area contributed by atoms with Crippen LogP contribution >= 0.6 is 11.8 Å². The third kappa shape index (κ3) is 5.57. The molecule has 0 aliphatic carbocycles. The van der Waals surface area contributed by atoms with Gasteiger partial charge in [-0.05, 0) is 56.2 Å². The van der Waals surface area contributed by atoms with Gasteiger partial charge in [-0.15, -0.1) is 10.2 Å². The Morgan fingerprint density at radius 3 is 2.59 bits per heavy atom. The van der Waals surface area contributed by atoms with Crippen molar-refractivity contribution < 1.29 is 13.9 Å². The molecule has 0 fully saturated rings. The number of thioether (sulfide) groups is 1. The fraction of sp³-hybridized carbons (Fsp3) is 0.286. The maximum absolute atomic E-state index is 13.6. The zero-order valence-electron chi connectivity index (χ0n) is 16.6. The first kappa shape index (κ1) is 20.9. The first-order chi connectivity index (χ1) is 14.0. The summed E-state index contributed by atoms with van der Waals surface area (Å²) in [5, 5.41) is 11.6. The average Bonchev–Trinajstić information content (AvgIpc) is 3.07. The largest absolute Gasteiger partial charge is 0.486 e. The summed E-state index contributed by atoms with van der Waals surface area (Å²) in [7, 11) is 0. The Hall–Kier alpha value is -2.87. The Morgan fingerprint density at radius 1 is 1.17 bits per heavy atom. The van der Waals surface area contributed by atoms with Gasteiger partial charge in [-0.25, -0.2) is 4.39 Å². The highest BCUT2D eigenvalue weighted by Crippen LogP contribution is 2.21. The van der Waals surface area contributed by atoms with E-state index in [1.807, 2.05) is 37.5 Å². The summed E-state index contributed by atoms with van der Waals surface area (Å²) in [5.74, 6) is 0.798. The maximum atomic E-state index is 13.6. The molecule has 0 radical (unpaired) electrons. The Bertz CT molecular complexity index is 986. The fourth-order valence-electron chi connectivity index (χ4n) is 2.89. The van der Waals surface area contributed by atoms with Crippen LogP contribution in [-0.2, 0) is 17.9 Å². The molecule has 0 unspecified atom stereocenters. The van der Waals surface area contributed by atoms with E-state index >= 15 is 0 Å². The normalized spacial score (nSPS) is 10.8. The van der Waals surface area contributed by atoms with Crippen LogP contribution in [0.2, 0.25) is 0 Å². The van der Waals surface area contributed by atoms with Crippen LogP contribution in [0.3, 0.4) is 0 Å². The summed E-state index contributed by atoms with van der Waals surface area (Å²) in [6, 6.07) is 12.1. The quantitative estimate of drug-likeness (QED) is 0.555. The van der Waals surface area contributed by atoms with E-state index in [0.717, 1.165) is 16.9 Å². The van der Waals surface area contributed by atoms with E-state index in [4.69, 9.17) is 4.74 Å². The molecule has 1 amide bonds. The van der Waals surface area contributed by atoms with Gasteiger partial charge in [0.2, 0.25) is 5.91 Å². The molecule has 0 saturated heterocycles. The van der Waals surface area contributed by atoms with E-state index in [2.05, 4.69) is 21.6 Å². The molecule has 0 spiro atoms. The molecule has 1 aromatic heterocycles. The molecule has 2 aromatic carbocycles. The second-order valence-electron chi connectivity index (χ2n) is 6.57. The highest BCUT2D eigenvalue weighted by molar-refractivity contribution is 7.99. The lowest BCUT2D eigenvalue weighted by Gasteiger charge is -2.10. The monoisotopic (exact) mass is 414 g/mol. The van der Waals surface area contributed by atoms with E-state index < -0.39 is 5.82 Å². The number of carbonyl (C=O) groups is 1. The molecule has 0 atom stereocenters. The number of para-hydroxylation sites is 1. The van der Waals surface area contributed by atoms with Gasteiger partial charge in [0.25, 0.3) is 0 Å². The Labute approximate surface area is 173 Å². The van der Waals surface area contributed by atoms with Crippen molar-refractivity contribution in [3.05, 3.63) is 65.2 Å². The van der Waals surface area contributed by atoms with Crippen molar-refractivity contribution in [2.75, 3.05) is 11.1 Å². The van der Waals surface area contributed by atoms with Gasteiger partial charge in [0.1, 0.15) is 18.2 Å². The topological polar surface area (TPSA) is 69.0 Å². The number of aromatic nitrogens is 3. The molecule has 1 heterocycles. The van der Waals surface area contributed by atoms with Gasteiger partial charge in [-0.2, -0.15) is 0 Å². The summed E-state index contributed by atoms with van der Waals surface area (Å²) in [6.45, 7) is 6.96. The number of halogens is 1. The number of nitrogens with one attached hydrogen (secondary N) is 1. The number of benzene rings is 2. The summed E-state index contributed by atoms with van der Waals surface area (Å²) in [5.41, 5.74) is 2.43. The molecular weight excluding hydrogens is 391 g/mol. The average molecular weight is 415 g/mol. The minimum Gasteiger partial charge on any atom is -0.486 e. The highest BCUT2D eigenvalue weighted by atomic mass is 32.2. The summed E-state index contributed by atoms with van der Waals surface area (Å²) >= 11 is 1.25. The molecule has 6 nitrogen and oxygen atoms in total. The van der Waals surface area contributed by atoms with Crippen molar-refractivity contribution in [3.63, 3.8) is 0 Å². The third-order valence-corrected chi connectivity index (χ3v) is 5.12. The van der Waals surface area contributed by atoms with Crippen molar-refractivity contribution >= 4 is 23.4 Å². The minimum atomic E-state index is -0.464. The molecule has 8 heteroatoms. The van der Waals surface area contributed by atoms with Crippen LogP contribution in [0, 0.1) is 19.7 Å². The lowest BCUT2D eigenvalue weighted by molar-refractivity contribution is -0.113. The predicted octanol–water partition coefficient (Wildman–Crippen LogP) is 4.36. The number of ether oxygens (including phenoxy) is 1. The highest BCUT2D eigenvalue weighted by Gasteiger charge is 2.14. The van der Waals surface area contributed by atoms with E-state index in [1.165, 1.54) is 23.9 Å². The van der Waals surface area contributed by atoms with Crippen molar-refractivity contribution in [3.8, 4) is 5.75 Å². The summed E-state index contributed by atoms with van der Waals surface area (Å²) in [6.07, 6.45) is 0. The number of rotatable bonds is 8. The number of anilines is 1. The first-order valence-corrected chi connectivity index (χ1v) is 10.2. The van der Waals surface area contributed by atoms with Gasteiger partial charge in [0.05, 0.1) is 11.4 Å². The smallest absolute Gasteiger partial charge is 0.234 e. The summed E-state index contributed by atoms with van der Waals surface area (Å²) < 4.78 is 21.4.